The van der Waals surface area contributed by atoms with Crippen molar-refractivity contribution in [3.63, 3.8) is 0 Å². The maximum absolute atomic E-state index is 13.1. The van der Waals surface area contributed by atoms with Gasteiger partial charge in [-0.25, -0.2) is 9.13 Å². The van der Waals surface area contributed by atoms with E-state index in [0.29, 0.717) is 38.7 Å². The molecule has 0 rings (SSSR count). The molecule has 572 valence electrons. The molecule has 17 nitrogen and oxygen atoms in total. The molecular formula is C79H144O17P2. The van der Waals surface area contributed by atoms with Crippen molar-refractivity contribution < 1.29 is 80.2 Å². The zero-order chi connectivity index (χ0) is 71.6. The van der Waals surface area contributed by atoms with E-state index in [1.165, 1.54) is 148 Å². The summed E-state index contributed by atoms with van der Waals surface area (Å²) in [7, 11) is -9.80. The lowest BCUT2D eigenvalue weighted by Gasteiger charge is -2.21. The molecule has 19 heteroatoms. The van der Waals surface area contributed by atoms with Crippen molar-refractivity contribution in [1.29, 1.82) is 0 Å². The Bertz CT molecular complexity index is 2060. The van der Waals surface area contributed by atoms with Crippen LogP contribution in [0.4, 0.5) is 0 Å². The molecular weight excluding hydrogens is 1280 g/mol. The fraction of sp³-hybridized carbons (Fsp3) is 0.823. The molecule has 0 bridgehead atoms. The molecule has 0 amide bonds. The molecule has 0 heterocycles. The first-order valence-corrected chi connectivity index (χ1v) is 42.5. The van der Waals surface area contributed by atoms with Crippen LogP contribution in [0.1, 0.15) is 355 Å². The second kappa shape index (κ2) is 73.7. The van der Waals surface area contributed by atoms with E-state index in [-0.39, 0.29) is 25.9 Å². The van der Waals surface area contributed by atoms with Gasteiger partial charge >= 0.3 is 33.6 Å². The number of rotatable bonds is 77. The molecule has 0 fully saturated rings. The molecule has 0 aromatic heterocycles. The van der Waals surface area contributed by atoms with Gasteiger partial charge in [-0.15, -0.1) is 0 Å². The largest absolute Gasteiger partial charge is 0.472 e. The molecule has 0 aromatic rings. The van der Waals surface area contributed by atoms with Crippen LogP contribution in [-0.2, 0) is 65.4 Å². The number of hydrogen-bond donors (Lipinski definition) is 3. The van der Waals surface area contributed by atoms with Gasteiger partial charge in [-0.2, -0.15) is 0 Å². The summed E-state index contributed by atoms with van der Waals surface area (Å²) < 4.78 is 69.2. The second-order valence-electron chi connectivity index (χ2n) is 26.6. The van der Waals surface area contributed by atoms with E-state index in [0.717, 1.165) is 141 Å². The summed E-state index contributed by atoms with van der Waals surface area (Å²) in [4.78, 5) is 70.3. The Morgan fingerprint density at radius 3 is 1.02 bits per heavy atom. The first-order chi connectivity index (χ1) is 47.8. The monoisotopic (exact) mass is 1430 g/mol. The number of ether oxygens (including phenoxy) is 4. The van der Waals surface area contributed by atoms with E-state index < -0.39 is 84.9 Å². The summed E-state index contributed by atoms with van der Waals surface area (Å²) >= 11 is 0. The Balaban J connectivity index is 5.29. The quantitative estimate of drug-likeness (QED) is 0.0128. The van der Waals surface area contributed by atoms with Gasteiger partial charge in [0.2, 0.25) is 0 Å². The second-order valence-corrected chi connectivity index (χ2v) is 29.5. The SMILES string of the molecule is CCCCC/C=C\C/C=C\C/C=C\C/C=C\CCCC(=O)O[C@H](COC(=O)CCCCCCCCCCCCCCC)COP(=O)(O)OC[C@@H](O)COP(=O)(O)OC[C@@H](COC(=O)CCCCCCCCCCCCCCC)OCCCCCCCCC/C=C\CCCCCCC=O. The zero-order valence-electron chi connectivity index (χ0n) is 62.3. The summed E-state index contributed by atoms with van der Waals surface area (Å²) in [5, 5.41) is 10.6. The van der Waals surface area contributed by atoms with Crippen molar-refractivity contribution in [3.05, 3.63) is 60.8 Å². The Morgan fingerprint density at radius 2 is 0.612 bits per heavy atom. The minimum Gasteiger partial charge on any atom is -0.463 e. The number of hydrogen-bond acceptors (Lipinski definition) is 15. The van der Waals surface area contributed by atoms with Crippen molar-refractivity contribution in [2.24, 2.45) is 0 Å². The van der Waals surface area contributed by atoms with Gasteiger partial charge in [0.15, 0.2) is 6.10 Å². The van der Waals surface area contributed by atoms with Gasteiger partial charge in [-0.1, -0.05) is 293 Å². The molecule has 5 atom stereocenters. The van der Waals surface area contributed by atoms with Crippen LogP contribution in [0, 0.1) is 0 Å². The van der Waals surface area contributed by atoms with Gasteiger partial charge in [-0.3, -0.25) is 32.5 Å². The Labute approximate surface area is 597 Å². The lowest BCUT2D eigenvalue weighted by atomic mass is 10.0. The fourth-order valence-corrected chi connectivity index (χ4v) is 12.5. The first kappa shape index (κ1) is 94.9. The first-order valence-electron chi connectivity index (χ1n) is 39.5. The predicted molar refractivity (Wildman–Crippen MR) is 400 cm³/mol. The molecule has 0 aliphatic heterocycles. The van der Waals surface area contributed by atoms with Gasteiger partial charge in [0.1, 0.15) is 31.7 Å². The zero-order valence-corrected chi connectivity index (χ0v) is 64.0. The van der Waals surface area contributed by atoms with Crippen molar-refractivity contribution in [1.82, 2.24) is 0 Å². The van der Waals surface area contributed by atoms with Gasteiger partial charge in [0.25, 0.3) is 0 Å². The van der Waals surface area contributed by atoms with Crippen LogP contribution >= 0.6 is 15.6 Å². The number of phosphoric ester groups is 2. The van der Waals surface area contributed by atoms with Gasteiger partial charge in [0.05, 0.1) is 26.4 Å². The highest BCUT2D eigenvalue weighted by Gasteiger charge is 2.30. The fourth-order valence-electron chi connectivity index (χ4n) is 10.9. The minimum atomic E-state index is -4.95. The third-order valence-electron chi connectivity index (χ3n) is 17.0. The van der Waals surface area contributed by atoms with Crippen LogP contribution in [0.3, 0.4) is 0 Å². The topological polar surface area (TPSA) is 237 Å². The van der Waals surface area contributed by atoms with E-state index in [1.54, 1.807) is 0 Å². The van der Waals surface area contributed by atoms with E-state index in [1.807, 2.05) is 12.2 Å². The van der Waals surface area contributed by atoms with Gasteiger partial charge in [0, 0.05) is 32.3 Å². The summed E-state index contributed by atoms with van der Waals surface area (Å²) in [5.41, 5.74) is 0. The van der Waals surface area contributed by atoms with Gasteiger partial charge < -0.3 is 38.6 Å². The van der Waals surface area contributed by atoms with Crippen LogP contribution in [0.15, 0.2) is 60.8 Å². The smallest absolute Gasteiger partial charge is 0.463 e. The number of carbonyl (C=O) groups is 4. The Kier molecular flexibility index (Phi) is 71.3. The number of aliphatic hydroxyl groups excluding tert-OH is 1. The molecule has 0 aliphatic carbocycles. The van der Waals surface area contributed by atoms with E-state index in [2.05, 4.69) is 69.4 Å². The average molecular weight is 1430 g/mol. The molecule has 0 aliphatic rings. The van der Waals surface area contributed by atoms with Gasteiger partial charge in [-0.05, 0) is 96.3 Å². The van der Waals surface area contributed by atoms with Crippen LogP contribution in [-0.4, -0.2) is 104 Å². The highest BCUT2D eigenvalue weighted by atomic mass is 31.2. The van der Waals surface area contributed by atoms with Crippen LogP contribution in [0.25, 0.3) is 0 Å². The number of phosphoric acid groups is 2. The van der Waals surface area contributed by atoms with Crippen molar-refractivity contribution in [3.8, 4) is 0 Å². The molecule has 0 saturated heterocycles. The molecule has 0 radical (unpaired) electrons. The number of carbonyl (C=O) groups excluding carboxylic acids is 4. The lowest BCUT2D eigenvalue weighted by molar-refractivity contribution is -0.161. The van der Waals surface area contributed by atoms with E-state index in [4.69, 9.17) is 37.0 Å². The van der Waals surface area contributed by atoms with Crippen LogP contribution in [0.2, 0.25) is 0 Å². The van der Waals surface area contributed by atoms with Crippen LogP contribution in [0.5, 0.6) is 0 Å². The predicted octanol–water partition coefficient (Wildman–Crippen LogP) is 22.3. The molecule has 0 saturated carbocycles. The number of aliphatic hydroxyl groups is 1. The van der Waals surface area contributed by atoms with Crippen LogP contribution < -0.4 is 0 Å². The number of aldehydes is 1. The highest BCUT2D eigenvalue weighted by Crippen LogP contribution is 2.45. The summed E-state index contributed by atoms with van der Waals surface area (Å²) in [6, 6.07) is 0. The molecule has 3 N–H and O–H groups in total. The van der Waals surface area contributed by atoms with Crippen molar-refractivity contribution >= 4 is 39.8 Å². The normalized spacial score (nSPS) is 14.3. The Hall–Kier alpha value is -3.08. The minimum absolute atomic E-state index is 0.0357. The van der Waals surface area contributed by atoms with E-state index in [9.17, 15) is 43.2 Å². The molecule has 0 aromatic carbocycles. The number of esters is 3. The lowest BCUT2D eigenvalue weighted by Crippen LogP contribution is -2.30. The standard InChI is InChI=1S/C79H144O17P2/c1-4-7-10-13-16-19-22-25-26-27-30-35-40-45-50-55-60-65-79(84)96-76(71-91-78(83)64-59-54-49-44-39-34-24-21-18-15-12-9-6-3)73-95-98(87,88)93-69-74(81)68-92-97(85,86)94-72-75(70-90-77(82)63-58-53-48-43-38-33-23-20-17-14-11-8-5-2)89-67-62-57-52-47-42-37-32-29-28-31-36-41-46-51-56-61-66-80/h16,19,25-26,28,30-31,35,45,50,66,74-76,81H,4-15,17-18,20-24,27,29,32-34,36-44,46-49,51-65,67-73H2,1-3H3,(H,85,86)(H,87,88)/b19-16-,26-25-,31-28-,35-30-,50-45-/t74-,75+,76+/m0/s1. The summed E-state index contributed by atoms with van der Waals surface area (Å²) in [5.74, 6) is -1.50. The molecule has 2 unspecified atom stereocenters. The molecule has 98 heavy (non-hydrogen) atoms. The van der Waals surface area contributed by atoms with Crippen molar-refractivity contribution in [2.45, 2.75) is 373 Å². The molecule has 0 spiro atoms. The van der Waals surface area contributed by atoms with Crippen molar-refractivity contribution in [2.75, 3.05) is 46.2 Å². The summed E-state index contributed by atoms with van der Waals surface area (Å²) in [6.45, 7) is 3.50. The average Bonchev–Trinajstić information content (AvgIpc) is 1.03. The Morgan fingerprint density at radius 1 is 0.327 bits per heavy atom. The maximum Gasteiger partial charge on any atom is 0.472 e. The highest BCUT2D eigenvalue weighted by molar-refractivity contribution is 7.47. The maximum atomic E-state index is 13.1. The summed E-state index contributed by atoms with van der Waals surface area (Å²) in [6.07, 6.45) is 72.7. The van der Waals surface area contributed by atoms with E-state index >= 15 is 0 Å². The number of allylic oxidation sites excluding steroid dienone is 10. The number of unbranched alkanes of at least 4 members (excludes halogenated alkanes) is 40. The third-order valence-corrected chi connectivity index (χ3v) is 18.9. The third kappa shape index (κ3) is 72.7.